The molecular weight excluding hydrogens is 218 g/mol. The summed E-state index contributed by atoms with van der Waals surface area (Å²) in [6, 6.07) is 0. The Bertz CT molecular complexity index is 476. The predicted octanol–water partition coefficient (Wildman–Crippen LogP) is 0.986. The fraction of sp³-hybridized carbons (Fsp3) is 0.545. The summed E-state index contributed by atoms with van der Waals surface area (Å²) in [5.74, 6) is 0. The van der Waals surface area contributed by atoms with Crippen LogP contribution in [-0.2, 0) is 13.1 Å². The van der Waals surface area contributed by atoms with Crippen LogP contribution in [0, 0.1) is 0 Å². The first kappa shape index (κ1) is 11.8. The Balaban J connectivity index is 2.06. The molecule has 2 heterocycles. The lowest BCUT2D eigenvalue weighted by Crippen LogP contribution is -1.99. The van der Waals surface area contributed by atoms with Crippen molar-refractivity contribution in [3.63, 3.8) is 0 Å². The summed E-state index contributed by atoms with van der Waals surface area (Å²) in [7, 11) is 0. The van der Waals surface area contributed by atoms with E-state index < -0.39 is 6.10 Å². The van der Waals surface area contributed by atoms with Gasteiger partial charge in [0.15, 0.2) is 0 Å². The van der Waals surface area contributed by atoms with Crippen LogP contribution in [-0.4, -0.2) is 29.9 Å². The zero-order valence-electron chi connectivity index (χ0n) is 10.1. The minimum absolute atomic E-state index is 0.526. The maximum absolute atomic E-state index is 9.62. The van der Waals surface area contributed by atoms with Gasteiger partial charge in [0.1, 0.15) is 5.69 Å². The van der Waals surface area contributed by atoms with Crippen molar-refractivity contribution in [3.05, 3.63) is 29.8 Å². The maximum Gasteiger partial charge on any atom is 0.111 e. The standard InChI is InChI=1S/C11H17N5O/c1-3-11(17)10-8-16(14-13-10)7-9-5-12-15(4-2)6-9/h5-6,8,11,17H,3-4,7H2,1-2H3. The van der Waals surface area contributed by atoms with Gasteiger partial charge in [0.2, 0.25) is 0 Å². The van der Waals surface area contributed by atoms with Crippen LogP contribution in [0.15, 0.2) is 18.6 Å². The second kappa shape index (κ2) is 5.09. The Labute approximate surface area is 99.9 Å². The molecule has 6 nitrogen and oxygen atoms in total. The molecule has 92 valence electrons. The summed E-state index contributed by atoms with van der Waals surface area (Å²) in [6.45, 7) is 5.44. The lowest BCUT2D eigenvalue weighted by molar-refractivity contribution is 0.168. The van der Waals surface area contributed by atoms with Gasteiger partial charge in [-0.3, -0.25) is 4.68 Å². The zero-order valence-corrected chi connectivity index (χ0v) is 10.1. The van der Waals surface area contributed by atoms with Crippen molar-refractivity contribution >= 4 is 0 Å². The van der Waals surface area contributed by atoms with E-state index in [4.69, 9.17) is 0 Å². The molecule has 0 fully saturated rings. The van der Waals surface area contributed by atoms with E-state index in [-0.39, 0.29) is 0 Å². The fourth-order valence-corrected chi connectivity index (χ4v) is 1.60. The summed E-state index contributed by atoms with van der Waals surface area (Å²) in [5, 5.41) is 21.7. The van der Waals surface area contributed by atoms with E-state index in [1.54, 1.807) is 10.9 Å². The number of nitrogens with zero attached hydrogens (tertiary/aromatic N) is 5. The van der Waals surface area contributed by atoms with Crippen molar-refractivity contribution in [2.75, 3.05) is 0 Å². The third kappa shape index (κ3) is 2.71. The third-order valence-electron chi connectivity index (χ3n) is 2.64. The van der Waals surface area contributed by atoms with Gasteiger partial charge in [-0.25, -0.2) is 4.68 Å². The van der Waals surface area contributed by atoms with Crippen LogP contribution in [0.5, 0.6) is 0 Å². The van der Waals surface area contributed by atoms with Crippen LogP contribution in [0.25, 0.3) is 0 Å². The molecule has 0 amide bonds. The highest BCUT2D eigenvalue weighted by Crippen LogP contribution is 2.12. The van der Waals surface area contributed by atoms with Crippen molar-refractivity contribution in [1.29, 1.82) is 0 Å². The summed E-state index contributed by atoms with van der Waals surface area (Å²) in [5.41, 5.74) is 1.70. The molecule has 6 heteroatoms. The molecule has 1 atom stereocenters. The van der Waals surface area contributed by atoms with E-state index >= 15 is 0 Å². The molecule has 0 spiro atoms. The van der Waals surface area contributed by atoms with Gasteiger partial charge >= 0.3 is 0 Å². The summed E-state index contributed by atoms with van der Waals surface area (Å²) < 4.78 is 3.58. The Hall–Kier alpha value is -1.69. The van der Waals surface area contributed by atoms with Crippen LogP contribution < -0.4 is 0 Å². The topological polar surface area (TPSA) is 68.8 Å². The first-order valence-corrected chi connectivity index (χ1v) is 5.82. The van der Waals surface area contributed by atoms with Crippen LogP contribution in [0.1, 0.15) is 37.6 Å². The van der Waals surface area contributed by atoms with Crippen LogP contribution >= 0.6 is 0 Å². The van der Waals surface area contributed by atoms with E-state index in [2.05, 4.69) is 15.4 Å². The molecule has 2 aromatic rings. The van der Waals surface area contributed by atoms with Gasteiger partial charge in [-0.1, -0.05) is 12.1 Å². The lowest BCUT2D eigenvalue weighted by atomic mass is 10.2. The Morgan fingerprint density at radius 2 is 2.12 bits per heavy atom. The van der Waals surface area contributed by atoms with Gasteiger partial charge in [-0.2, -0.15) is 5.10 Å². The van der Waals surface area contributed by atoms with Gasteiger partial charge in [0.25, 0.3) is 0 Å². The molecule has 0 aliphatic heterocycles. The molecule has 0 aromatic carbocycles. The van der Waals surface area contributed by atoms with Crippen LogP contribution in [0.3, 0.4) is 0 Å². The Morgan fingerprint density at radius 1 is 1.29 bits per heavy atom. The summed E-state index contributed by atoms with van der Waals surface area (Å²) >= 11 is 0. The van der Waals surface area contributed by atoms with Gasteiger partial charge < -0.3 is 5.11 Å². The SMILES string of the molecule is CCC(O)c1cn(Cc2cnn(CC)c2)nn1. The second-order valence-electron chi connectivity index (χ2n) is 3.97. The van der Waals surface area contributed by atoms with Crippen molar-refractivity contribution in [1.82, 2.24) is 24.8 Å². The molecule has 1 unspecified atom stereocenters. The zero-order chi connectivity index (χ0) is 12.3. The quantitative estimate of drug-likeness (QED) is 0.839. The molecular formula is C11H17N5O. The van der Waals surface area contributed by atoms with Gasteiger partial charge in [0.05, 0.1) is 25.0 Å². The number of aryl methyl sites for hydroxylation is 1. The summed E-state index contributed by atoms with van der Waals surface area (Å²) in [4.78, 5) is 0. The number of rotatable bonds is 5. The largest absolute Gasteiger partial charge is 0.387 e. The van der Waals surface area contributed by atoms with Crippen LogP contribution in [0.2, 0.25) is 0 Å². The van der Waals surface area contributed by atoms with Gasteiger partial charge in [-0.05, 0) is 13.3 Å². The number of aliphatic hydroxyl groups excluding tert-OH is 1. The third-order valence-corrected chi connectivity index (χ3v) is 2.64. The molecule has 0 bridgehead atoms. The first-order valence-electron chi connectivity index (χ1n) is 5.82. The Morgan fingerprint density at radius 3 is 2.76 bits per heavy atom. The molecule has 0 radical (unpaired) electrons. The minimum atomic E-state index is -0.526. The van der Waals surface area contributed by atoms with Crippen molar-refractivity contribution < 1.29 is 5.11 Å². The Kier molecular flexibility index (Phi) is 3.53. The van der Waals surface area contributed by atoms with Gasteiger partial charge in [0, 0.05) is 18.3 Å². The molecule has 17 heavy (non-hydrogen) atoms. The monoisotopic (exact) mass is 235 g/mol. The number of hydrogen-bond donors (Lipinski definition) is 1. The molecule has 2 aromatic heterocycles. The van der Waals surface area contributed by atoms with Crippen LogP contribution in [0.4, 0.5) is 0 Å². The summed E-state index contributed by atoms with van der Waals surface area (Å²) in [6.07, 6.45) is 5.70. The van der Waals surface area contributed by atoms with Crippen molar-refractivity contribution in [3.8, 4) is 0 Å². The minimum Gasteiger partial charge on any atom is -0.387 e. The average Bonchev–Trinajstić information content (AvgIpc) is 2.97. The number of hydrogen-bond acceptors (Lipinski definition) is 4. The van der Waals surface area contributed by atoms with Crippen molar-refractivity contribution in [2.45, 2.75) is 39.5 Å². The maximum atomic E-state index is 9.62. The lowest BCUT2D eigenvalue weighted by Gasteiger charge is -2.00. The highest BCUT2D eigenvalue weighted by atomic mass is 16.3. The van der Waals surface area contributed by atoms with Crippen molar-refractivity contribution in [2.24, 2.45) is 0 Å². The van der Waals surface area contributed by atoms with E-state index in [1.807, 2.05) is 30.9 Å². The first-order chi connectivity index (χ1) is 8.22. The second-order valence-corrected chi connectivity index (χ2v) is 3.97. The molecule has 0 saturated carbocycles. The van der Waals surface area contributed by atoms with E-state index in [0.29, 0.717) is 18.7 Å². The van der Waals surface area contributed by atoms with E-state index in [0.717, 1.165) is 12.1 Å². The molecule has 0 aliphatic rings. The highest BCUT2D eigenvalue weighted by Gasteiger charge is 2.10. The van der Waals surface area contributed by atoms with E-state index in [9.17, 15) is 5.11 Å². The van der Waals surface area contributed by atoms with Gasteiger partial charge in [-0.15, -0.1) is 5.10 Å². The average molecular weight is 235 g/mol. The predicted molar refractivity (Wildman–Crippen MR) is 62.3 cm³/mol. The molecule has 2 rings (SSSR count). The highest BCUT2D eigenvalue weighted by molar-refractivity contribution is 5.05. The fourth-order valence-electron chi connectivity index (χ4n) is 1.60. The van der Waals surface area contributed by atoms with E-state index in [1.165, 1.54) is 0 Å². The number of aromatic nitrogens is 5. The normalized spacial score (nSPS) is 12.9. The smallest absolute Gasteiger partial charge is 0.111 e. The molecule has 0 saturated heterocycles. The molecule has 0 aliphatic carbocycles. The number of aliphatic hydroxyl groups is 1. The molecule has 1 N–H and O–H groups in total.